The van der Waals surface area contributed by atoms with E-state index in [9.17, 15) is 9.59 Å². The average Bonchev–Trinajstić information content (AvgIpc) is 2.18. The Balaban J connectivity index is 2.88. The summed E-state index contributed by atoms with van der Waals surface area (Å²) in [5.41, 5.74) is -0.852. The van der Waals surface area contributed by atoms with Gasteiger partial charge in [0.05, 0.1) is 4.47 Å². The highest BCUT2D eigenvalue weighted by molar-refractivity contribution is 9.10. The van der Waals surface area contributed by atoms with Crippen molar-refractivity contribution in [3.05, 3.63) is 44.7 Å². The van der Waals surface area contributed by atoms with Crippen LogP contribution >= 0.6 is 15.9 Å². The normalized spacial score (nSPS) is 10.5. The van der Waals surface area contributed by atoms with Crippen LogP contribution in [0.5, 0.6) is 0 Å². The number of rotatable bonds is 1. The van der Waals surface area contributed by atoms with Crippen molar-refractivity contribution < 1.29 is 14.3 Å². The van der Waals surface area contributed by atoms with E-state index in [0.717, 1.165) is 0 Å². The minimum atomic E-state index is -1.29. The fourth-order valence-corrected chi connectivity index (χ4v) is 1.72. The predicted octanol–water partition coefficient (Wildman–Crippen LogP) is 2.25. The van der Waals surface area contributed by atoms with Crippen molar-refractivity contribution in [1.29, 1.82) is 0 Å². The number of halogens is 1. The van der Waals surface area contributed by atoms with Crippen molar-refractivity contribution in [2.75, 3.05) is 0 Å². The van der Waals surface area contributed by atoms with Crippen LogP contribution < -0.4 is 5.63 Å². The first-order valence-electron chi connectivity index (χ1n) is 4.05. The highest BCUT2D eigenvalue weighted by Crippen LogP contribution is 2.22. The maximum Gasteiger partial charge on any atom is 0.351 e. The average molecular weight is 269 g/mol. The number of hydrogen-bond acceptors (Lipinski definition) is 3. The minimum Gasteiger partial charge on any atom is -0.477 e. The molecule has 0 spiro atoms. The predicted molar refractivity (Wildman–Crippen MR) is 57.1 cm³/mol. The number of fused-ring (bicyclic) bond motifs is 1. The Bertz CT molecular complexity index is 600. The van der Waals surface area contributed by atoms with Gasteiger partial charge in [-0.15, -0.1) is 0 Å². The molecule has 1 aromatic carbocycles. The Morgan fingerprint density at radius 3 is 2.80 bits per heavy atom. The van der Waals surface area contributed by atoms with Crippen LogP contribution in [0, 0.1) is 0 Å². The van der Waals surface area contributed by atoms with Crippen LogP contribution in [-0.4, -0.2) is 11.1 Å². The molecule has 5 heteroatoms. The quantitative estimate of drug-likeness (QED) is 0.806. The van der Waals surface area contributed by atoms with Crippen LogP contribution in [-0.2, 0) is 0 Å². The molecule has 0 fully saturated rings. The topological polar surface area (TPSA) is 67.5 Å². The number of carboxylic acids is 1. The van der Waals surface area contributed by atoms with E-state index in [1.807, 2.05) is 0 Å². The van der Waals surface area contributed by atoms with E-state index < -0.39 is 11.6 Å². The number of benzene rings is 1. The smallest absolute Gasteiger partial charge is 0.351 e. The molecule has 0 saturated carbocycles. The molecule has 0 aliphatic rings. The molecule has 0 amide bonds. The van der Waals surface area contributed by atoms with Gasteiger partial charge in [0.15, 0.2) is 5.58 Å². The van der Waals surface area contributed by atoms with Crippen molar-refractivity contribution in [3.63, 3.8) is 0 Å². The molecule has 1 aromatic heterocycles. The molecule has 1 N–H and O–H groups in total. The van der Waals surface area contributed by atoms with Crippen molar-refractivity contribution in [2.45, 2.75) is 0 Å². The third-order valence-electron chi connectivity index (χ3n) is 1.94. The van der Waals surface area contributed by atoms with Crippen molar-refractivity contribution in [1.82, 2.24) is 0 Å². The first-order chi connectivity index (χ1) is 7.09. The molecule has 0 radical (unpaired) electrons. The SMILES string of the molecule is O=C(O)c1cc2cccc(Br)c2oc1=O. The summed E-state index contributed by atoms with van der Waals surface area (Å²) in [7, 11) is 0. The Labute approximate surface area is 92.3 Å². The second-order valence-electron chi connectivity index (χ2n) is 2.91. The molecule has 0 atom stereocenters. The third-order valence-corrected chi connectivity index (χ3v) is 2.57. The molecule has 4 nitrogen and oxygen atoms in total. The molecule has 76 valence electrons. The lowest BCUT2D eigenvalue weighted by Gasteiger charge is -1.99. The van der Waals surface area contributed by atoms with Crippen LogP contribution in [0.1, 0.15) is 10.4 Å². The van der Waals surface area contributed by atoms with Gasteiger partial charge in [-0.25, -0.2) is 9.59 Å². The van der Waals surface area contributed by atoms with Crippen molar-refractivity contribution in [2.24, 2.45) is 0 Å². The van der Waals surface area contributed by atoms with Crippen LogP contribution in [0.2, 0.25) is 0 Å². The zero-order chi connectivity index (χ0) is 11.0. The van der Waals surface area contributed by atoms with E-state index in [1.54, 1.807) is 18.2 Å². The fourth-order valence-electron chi connectivity index (χ4n) is 1.26. The van der Waals surface area contributed by atoms with Gasteiger partial charge in [-0.3, -0.25) is 0 Å². The van der Waals surface area contributed by atoms with E-state index in [4.69, 9.17) is 9.52 Å². The van der Waals surface area contributed by atoms with Gasteiger partial charge in [0, 0.05) is 5.39 Å². The molecule has 2 rings (SSSR count). The van der Waals surface area contributed by atoms with Gasteiger partial charge in [0.25, 0.3) is 0 Å². The molecule has 0 bridgehead atoms. The van der Waals surface area contributed by atoms with Gasteiger partial charge >= 0.3 is 11.6 Å². The Hall–Kier alpha value is -1.62. The lowest BCUT2D eigenvalue weighted by Crippen LogP contribution is -2.12. The van der Waals surface area contributed by atoms with Crippen LogP contribution in [0.3, 0.4) is 0 Å². The number of aromatic carboxylic acids is 1. The second-order valence-corrected chi connectivity index (χ2v) is 3.77. The summed E-state index contributed by atoms with van der Waals surface area (Å²) in [5.74, 6) is -1.29. The summed E-state index contributed by atoms with van der Waals surface area (Å²) in [6.45, 7) is 0. The molecule has 0 unspecified atom stereocenters. The summed E-state index contributed by atoms with van der Waals surface area (Å²) in [5, 5.41) is 9.29. The van der Waals surface area contributed by atoms with Crippen molar-refractivity contribution >= 4 is 32.9 Å². The lowest BCUT2D eigenvalue weighted by molar-refractivity contribution is 0.0692. The highest BCUT2D eigenvalue weighted by atomic mass is 79.9. The van der Waals surface area contributed by atoms with Gasteiger partial charge in [-0.1, -0.05) is 12.1 Å². The minimum absolute atomic E-state index is 0.354. The van der Waals surface area contributed by atoms with E-state index >= 15 is 0 Å². The third kappa shape index (κ3) is 1.66. The van der Waals surface area contributed by atoms with Crippen LogP contribution in [0.25, 0.3) is 11.0 Å². The molecule has 15 heavy (non-hydrogen) atoms. The van der Waals surface area contributed by atoms with Gasteiger partial charge in [0.1, 0.15) is 5.56 Å². The second kappa shape index (κ2) is 3.51. The van der Waals surface area contributed by atoms with Gasteiger partial charge in [-0.05, 0) is 28.1 Å². The highest BCUT2D eigenvalue weighted by Gasteiger charge is 2.12. The summed E-state index contributed by atoms with van der Waals surface area (Å²) in [6.07, 6.45) is 0. The lowest BCUT2D eigenvalue weighted by atomic mass is 10.2. The number of hydrogen-bond donors (Lipinski definition) is 1. The van der Waals surface area contributed by atoms with Crippen molar-refractivity contribution in [3.8, 4) is 0 Å². The maximum atomic E-state index is 11.3. The molecule has 0 aliphatic carbocycles. The summed E-state index contributed by atoms with van der Waals surface area (Å²) in [6, 6.07) is 6.42. The molecule has 1 heterocycles. The molecular weight excluding hydrogens is 264 g/mol. The Morgan fingerprint density at radius 2 is 2.13 bits per heavy atom. The number of carboxylic acid groups (broad SMARTS) is 1. The summed E-state index contributed by atoms with van der Waals surface area (Å²) in [4.78, 5) is 21.9. The van der Waals surface area contributed by atoms with Gasteiger partial charge in [-0.2, -0.15) is 0 Å². The monoisotopic (exact) mass is 268 g/mol. The standard InChI is InChI=1S/C10H5BrO4/c11-7-3-1-2-5-4-6(9(12)13)10(14)15-8(5)7/h1-4H,(H,12,13). The number of para-hydroxylation sites is 1. The van der Waals surface area contributed by atoms with E-state index in [1.165, 1.54) is 6.07 Å². The summed E-state index contributed by atoms with van der Waals surface area (Å²) >= 11 is 3.21. The number of carbonyl (C=O) groups is 1. The summed E-state index contributed by atoms with van der Waals surface area (Å²) < 4.78 is 5.52. The Morgan fingerprint density at radius 1 is 1.40 bits per heavy atom. The Kier molecular flexibility index (Phi) is 2.32. The first kappa shape index (κ1) is 9.92. The molecule has 2 aromatic rings. The first-order valence-corrected chi connectivity index (χ1v) is 4.84. The fraction of sp³-hybridized carbons (Fsp3) is 0. The molecule has 0 aliphatic heterocycles. The molecule has 0 saturated heterocycles. The van der Waals surface area contributed by atoms with Gasteiger partial charge in [0.2, 0.25) is 0 Å². The maximum absolute atomic E-state index is 11.3. The van der Waals surface area contributed by atoms with E-state index in [2.05, 4.69) is 15.9 Å². The zero-order valence-corrected chi connectivity index (χ0v) is 8.95. The van der Waals surface area contributed by atoms with Crippen LogP contribution in [0.4, 0.5) is 0 Å². The zero-order valence-electron chi connectivity index (χ0n) is 7.36. The van der Waals surface area contributed by atoms with E-state index in [0.29, 0.717) is 15.4 Å². The van der Waals surface area contributed by atoms with Gasteiger partial charge < -0.3 is 9.52 Å². The van der Waals surface area contributed by atoms with E-state index in [-0.39, 0.29) is 5.56 Å². The van der Waals surface area contributed by atoms with Crippen LogP contribution in [0.15, 0.2) is 37.9 Å². The molecular formula is C10H5BrO4. The largest absolute Gasteiger partial charge is 0.477 e.